The smallest absolute Gasteiger partial charge is 0.434 e. The highest BCUT2D eigenvalue weighted by atomic mass is 19.4. The molecule has 0 N–H and O–H groups in total. The first-order valence-corrected chi connectivity index (χ1v) is 3.89. The Kier molecular flexibility index (Phi) is 2.84. The molecule has 0 bridgehead atoms. The van der Waals surface area contributed by atoms with Crippen molar-refractivity contribution in [2.75, 3.05) is 6.54 Å². The zero-order chi connectivity index (χ0) is 10.8. The summed E-state index contributed by atoms with van der Waals surface area (Å²) in [7, 11) is 0. The van der Waals surface area contributed by atoms with E-state index in [-0.39, 0.29) is 6.42 Å². The van der Waals surface area contributed by atoms with Crippen molar-refractivity contribution in [3.8, 4) is 6.19 Å². The number of esters is 1. The topological polar surface area (TPSA) is 53.3 Å². The molecule has 0 aromatic heterocycles. The SMILES string of the molecule is N#CN1CCCC1OC(=O)C(F)(F)F. The molecule has 1 fully saturated rings. The van der Waals surface area contributed by atoms with Gasteiger partial charge in [-0.25, -0.2) is 4.79 Å². The Labute approximate surface area is 77.8 Å². The second-order valence-corrected chi connectivity index (χ2v) is 2.79. The predicted octanol–water partition coefficient (Wildman–Crippen LogP) is 0.995. The van der Waals surface area contributed by atoms with Gasteiger partial charge in [0.05, 0.1) is 0 Å². The average Bonchev–Trinajstić information content (AvgIpc) is 2.50. The van der Waals surface area contributed by atoms with Crippen molar-refractivity contribution in [1.29, 1.82) is 5.26 Å². The fourth-order valence-electron chi connectivity index (χ4n) is 1.16. The predicted molar refractivity (Wildman–Crippen MR) is 37.5 cm³/mol. The van der Waals surface area contributed by atoms with Gasteiger partial charge < -0.3 is 4.74 Å². The van der Waals surface area contributed by atoms with E-state index < -0.39 is 18.4 Å². The third-order valence-electron chi connectivity index (χ3n) is 1.80. The lowest BCUT2D eigenvalue weighted by atomic mass is 10.4. The van der Waals surface area contributed by atoms with Crippen molar-refractivity contribution in [2.24, 2.45) is 0 Å². The molecule has 1 saturated heterocycles. The number of hydrogen-bond acceptors (Lipinski definition) is 4. The summed E-state index contributed by atoms with van der Waals surface area (Å²) in [6.07, 6.45) is -3.59. The van der Waals surface area contributed by atoms with Crippen molar-refractivity contribution in [3.05, 3.63) is 0 Å². The van der Waals surface area contributed by atoms with Crippen molar-refractivity contribution < 1.29 is 22.7 Å². The first kappa shape index (κ1) is 10.6. The maximum absolute atomic E-state index is 11.8. The van der Waals surface area contributed by atoms with Gasteiger partial charge in [-0.3, -0.25) is 4.90 Å². The Morgan fingerprint density at radius 2 is 2.21 bits per heavy atom. The number of carbonyl (C=O) groups is 1. The normalized spacial score (nSPS) is 21.9. The number of nitrogens with zero attached hydrogens (tertiary/aromatic N) is 2. The van der Waals surface area contributed by atoms with Crippen LogP contribution in [0.3, 0.4) is 0 Å². The van der Waals surface area contributed by atoms with Gasteiger partial charge in [0.15, 0.2) is 12.4 Å². The van der Waals surface area contributed by atoms with Crippen molar-refractivity contribution in [1.82, 2.24) is 4.90 Å². The number of halogens is 3. The Morgan fingerprint density at radius 1 is 1.57 bits per heavy atom. The lowest BCUT2D eigenvalue weighted by molar-refractivity contribution is -0.209. The maximum atomic E-state index is 11.8. The zero-order valence-electron chi connectivity index (χ0n) is 7.04. The van der Waals surface area contributed by atoms with Gasteiger partial charge in [0.25, 0.3) is 0 Å². The summed E-state index contributed by atoms with van der Waals surface area (Å²) < 4.78 is 39.4. The summed E-state index contributed by atoms with van der Waals surface area (Å²) in [4.78, 5) is 11.4. The molecule has 0 amide bonds. The quantitative estimate of drug-likeness (QED) is 0.476. The monoisotopic (exact) mass is 208 g/mol. The second kappa shape index (κ2) is 3.74. The number of carbonyl (C=O) groups excluding carboxylic acids is 1. The molecule has 1 unspecified atom stereocenters. The molecular weight excluding hydrogens is 201 g/mol. The van der Waals surface area contributed by atoms with Crippen molar-refractivity contribution >= 4 is 5.97 Å². The molecule has 7 heteroatoms. The van der Waals surface area contributed by atoms with E-state index in [1.165, 1.54) is 0 Å². The van der Waals surface area contributed by atoms with Crippen LogP contribution in [0.4, 0.5) is 13.2 Å². The highest BCUT2D eigenvalue weighted by Crippen LogP contribution is 2.22. The fraction of sp³-hybridized carbons (Fsp3) is 0.714. The van der Waals surface area contributed by atoms with Gasteiger partial charge in [-0.1, -0.05) is 0 Å². The summed E-state index contributed by atoms with van der Waals surface area (Å²) >= 11 is 0. The van der Waals surface area contributed by atoms with Crippen LogP contribution in [0.2, 0.25) is 0 Å². The molecule has 4 nitrogen and oxygen atoms in total. The van der Waals surface area contributed by atoms with Crippen LogP contribution < -0.4 is 0 Å². The Hall–Kier alpha value is -1.45. The molecule has 78 valence electrons. The molecule has 14 heavy (non-hydrogen) atoms. The van der Waals surface area contributed by atoms with E-state index in [0.29, 0.717) is 13.0 Å². The first-order chi connectivity index (χ1) is 6.45. The molecule has 0 aromatic carbocycles. The minimum absolute atomic E-state index is 0.259. The molecule has 0 spiro atoms. The van der Waals surface area contributed by atoms with Gasteiger partial charge in [-0.2, -0.15) is 18.4 Å². The number of alkyl halides is 3. The van der Waals surface area contributed by atoms with E-state index in [1.54, 1.807) is 6.19 Å². The first-order valence-electron chi connectivity index (χ1n) is 3.89. The highest BCUT2D eigenvalue weighted by Gasteiger charge is 2.43. The van der Waals surface area contributed by atoms with Crippen LogP contribution in [0, 0.1) is 11.5 Å². The Morgan fingerprint density at radius 3 is 2.71 bits per heavy atom. The zero-order valence-corrected chi connectivity index (χ0v) is 7.04. The largest absolute Gasteiger partial charge is 0.491 e. The van der Waals surface area contributed by atoms with Gasteiger partial charge in [0.1, 0.15) is 0 Å². The Balaban J connectivity index is 2.53. The molecule has 1 aliphatic heterocycles. The summed E-state index contributed by atoms with van der Waals surface area (Å²) in [5, 5.41) is 8.46. The lowest BCUT2D eigenvalue weighted by Crippen LogP contribution is -2.35. The lowest BCUT2D eigenvalue weighted by Gasteiger charge is -2.18. The second-order valence-electron chi connectivity index (χ2n) is 2.79. The van der Waals surface area contributed by atoms with Crippen molar-refractivity contribution in [2.45, 2.75) is 25.2 Å². The molecule has 0 radical (unpaired) electrons. The van der Waals surface area contributed by atoms with Gasteiger partial charge in [0, 0.05) is 13.0 Å². The van der Waals surface area contributed by atoms with Crippen LogP contribution in [0.15, 0.2) is 0 Å². The number of likely N-dealkylation sites (tertiary alicyclic amines) is 1. The third kappa shape index (κ3) is 2.28. The van der Waals surface area contributed by atoms with E-state index in [4.69, 9.17) is 5.26 Å². The van der Waals surface area contributed by atoms with Gasteiger partial charge in [-0.15, -0.1) is 0 Å². The summed E-state index contributed by atoms with van der Waals surface area (Å²) in [5.74, 6) is -2.25. The molecule has 0 aromatic rings. The third-order valence-corrected chi connectivity index (χ3v) is 1.80. The Bertz CT molecular complexity index is 271. The van der Waals surface area contributed by atoms with Gasteiger partial charge >= 0.3 is 12.1 Å². The molecule has 1 heterocycles. The molecule has 1 atom stereocenters. The van der Waals surface area contributed by atoms with Crippen LogP contribution in [0.1, 0.15) is 12.8 Å². The van der Waals surface area contributed by atoms with Gasteiger partial charge in [0.2, 0.25) is 0 Å². The summed E-state index contributed by atoms with van der Waals surface area (Å²) in [5.41, 5.74) is 0. The van der Waals surface area contributed by atoms with Crippen LogP contribution in [-0.4, -0.2) is 29.8 Å². The van der Waals surface area contributed by atoms with Crippen LogP contribution in [0.25, 0.3) is 0 Å². The van der Waals surface area contributed by atoms with E-state index in [0.717, 1.165) is 4.90 Å². The average molecular weight is 208 g/mol. The van der Waals surface area contributed by atoms with E-state index >= 15 is 0 Å². The summed E-state index contributed by atoms with van der Waals surface area (Å²) in [6, 6.07) is 0. The van der Waals surface area contributed by atoms with E-state index in [2.05, 4.69) is 4.74 Å². The fourth-order valence-corrected chi connectivity index (χ4v) is 1.16. The van der Waals surface area contributed by atoms with Crippen LogP contribution in [0.5, 0.6) is 0 Å². The van der Waals surface area contributed by atoms with Gasteiger partial charge in [-0.05, 0) is 6.42 Å². The maximum Gasteiger partial charge on any atom is 0.491 e. The minimum atomic E-state index is -5.00. The molecule has 1 aliphatic rings. The minimum Gasteiger partial charge on any atom is -0.434 e. The standard InChI is InChI=1S/C7H7F3N2O2/c8-7(9,10)6(13)14-5-2-1-3-12(5)4-11/h5H,1-3H2. The highest BCUT2D eigenvalue weighted by molar-refractivity contribution is 5.75. The van der Waals surface area contributed by atoms with E-state index in [9.17, 15) is 18.0 Å². The number of ether oxygens (including phenoxy) is 1. The molecule has 1 rings (SSSR count). The summed E-state index contributed by atoms with van der Waals surface area (Å²) in [6.45, 7) is 0.326. The molecule has 0 saturated carbocycles. The number of nitriles is 1. The van der Waals surface area contributed by atoms with Crippen LogP contribution >= 0.6 is 0 Å². The molecular formula is C7H7F3N2O2. The number of rotatable bonds is 1. The van der Waals surface area contributed by atoms with Crippen LogP contribution in [-0.2, 0) is 9.53 Å². The van der Waals surface area contributed by atoms with Crippen molar-refractivity contribution in [3.63, 3.8) is 0 Å². The van der Waals surface area contributed by atoms with E-state index in [1.807, 2.05) is 0 Å². The number of hydrogen-bond donors (Lipinski definition) is 0. The molecule has 0 aliphatic carbocycles.